The predicted octanol–water partition coefficient (Wildman–Crippen LogP) is 1.20. The lowest BCUT2D eigenvalue weighted by atomic mass is 10.1. The summed E-state index contributed by atoms with van der Waals surface area (Å²) < 4.78 is 5.42. The molecule has 1 aromatic rings. The summed E-state index contributed by atoms with van der Waals surface area (Å²) in [5.41, 5.74) is 0.987. The van der Waals surface area contributed by atoms with Crippen LogP contribution in [0.15, 0.2) is 12.1 Å². The Bertz CT molecular complexity index is 355. The van der Waals surface area contributed by atoms with Crippen molar-refractivity contribution in [3.05, 3.63) is 17.8 Å². The zero-order valence-corrected chi connectivity index (χ0v) is 11.2. The lowest BCUT2D eigenvalue weighted by Crippen LogP contribution is -2.39. The van der Waals surface area contributed by atoms with E-state index in [-0.39, 0.29) is 0 Å². The smallest absolute Gasteiger partial charge is 0.151 e. The SMILES string of the molecule is CCNCc1ccc(N2CCCC(OC)C2)nn1. The lowest BCUT2D eigenvalue weighted by molar-refractivity contribution is 0.0891. The van der Waals surface area contributed by atoms with Crippen molar-refractivity contribution in [2.75, 3.05) is 31.6 Å². The van der Waals surface area contributed by atoms with E-state index >= 15 is 0 Å². The second kappa shape index (κ2) is 6.66. The molecule has 1 saturated heterocycles. The van der Waals surface area contributed by atoms with Gasteiger partial charge in [0, 0.05) is 26.7 Å². The minimum absolute atomic E-state index is 0.321. The van der Waals surface area contributed by atoms with Crippen molar-refractivity contribution in [3.8, 4) is 0 Å². The predicted molar refractivity (Wildman–Crippen MR) is 71.7 cm³/mol. The number of piperidine rings is 1. The van der Waals surface area contributed by atoms with Crippen LogP contribution in [0.5, 0.6) is 0 Å². The third-order valence-corrected chi connectivity index (χ3v) is 3.30. The Hall–Kier alpha value is -1.20. The molecular formula is C13H22N4O. The zero-order chi connectivity index (χ0) is 12.8. The number of anilines is 1. The van der Waals surface area contributed by atoms with Crippen LogP contribution in [0.3, 0.4) is 0 Å². The summed E-state index contributed by atoms with van der Waals surface area (Å²) in [4.78, 5) is 2.25. The van der Waals surface area contributed by atoms with E-state index in [1.807, 2.05) is 6.07 Å². The van der Waals surface area contributed by atoms with Gasteiger partial charge in [-0.1, -0.05) is 6.92 Å². The third kappa shape index (κ3) is 3.40. The van der Waals surface area contributed by atoms with E-state index in [0.717, 1.165) is 50.5 Å². The second-order valence-corrected chi connectivity index (χ2v) is 4.61. The van der Waals surface area contributed by atoms with Crippen molar-refractivity contribution in [3.63, 3.8) is 0 Å². The molecule has 0 spiro atoms. The van der Waals surface area contributed by atoms with Crippen LogP contribution in [0.2, 0.25) is 0 Å². The van der Waals surface area contributed by atoms with E-state index in [9.17, 15) is 0 Å². The molecule has 2 rings (SSSR count). The molecule has 0 amide bonds. The highest BCUT2D eigenvalue weighted by molar-refractivity contribution is 5.38. The molecule has 1 atom stereocenters. The van der Waals surface area contributed by atoms with Gasteiger partial charge in [0.25, 0.3) is 0 Å². The Kier molecular flexibility index (Phi) is 4.90. The highest BCUT2D eigenvalue weighted by atomic mass is 16.5. The first-order chi connectivity index (χ1) is 8.83. The van der Waals surface area contributed by atoms with Gasteiger partial charge in [-0.2, -0.15) is 5.10 Å². The largest absolute Gasteiger partial charge is 0.380 e. The normalized spacial score (nSPS) is 20.1. The monoisotopic (exact) mass is 250 g/mol. The number of aromatic nitrogens is 2. The molecule has 1 aliphatic heterocycles. The summed E-state index contributed by atoms with van der Waals surface area (Å²) in [6.07, 6.45) is 2.61. The lowest BCUT2D eigenvalue weighted by Gasteiger charge is -2.32. The maximum Gasteiger partial charge on any atom is 0.151 e. The van der Waals surface area contributed by atoms with Gasteiger partial charge in [-0.3, -0.25) is 0 Å². The summed E-state index contributed by atoms with van der Waals surface area (Å²) in [5, 5.41) is 11.8. The fraction of sp³-hybridized carbons (Fsp3) is 0.692. The fourth-order valence-electron chi connectivity index (χ4n) is 2.21. The summed E-state index contributed by atoms with van der Waals surface area (Å²) in [6.45, 7) is 5.77. The molecule has 2 heterocycles. The quantitative estimate of drug-likeness (QED) is 0.851. The molecule has 5 heteroatoms. The standard InChI is InChI=1S/C13H22N4O/c1-3-14-9-11-6-7-13(16-15-11)17-8-4-5-12(10-17)18-2/h6-7,12,14H,3-5,8-10H2,1-2H3. The molecule has 1 unspecified atom stereocenters. The molecule has 1 N–H and O–H groups in total. The van der Waals surface area contributed by atoms with Crippen molar-refractivity contribution in [2.24, 2.45) is 0 Å². The van der Waals surface area contributed by atoms with Crippen molar-refractivity contribution in [1.82, 2.24) is 15.5 Å². The van der Waals surface area contributed by atoms with Gasteiger partial charge in [0.1, 0.15) is 0 Å². The minimum atomic E-state index is 0.321. The van der Waals surface area contributed by atoms with Crippen LogP contribution in [0.25, 0.3) is 0 Å². The van der Waals surface area contributed by atoms with Crippen molar-refractivity contribution < 1.29 is 4.74 Å². The minimum Gasteiger partial charge on any atom is -0.380 e. The van der Waals surface area contributed by atoms with Crippen LogP contribution >= 0.6 is 0 Å². The van der Waals surface area contributed by atoms with E-state index in [1.165, 1.54) is 0 Å². The molecule has 0 aromatic carbocycles. The Balaban J connectivity index is 1.96. The van der Waals surface area contributed by atoms with Gasteiger partial charge in [-0.25, -0.2) is 0 Å². The van der Waals surface area contributed by atoms with Crippen LogP contribution in [0.1, 0.15) is 25.5 Å². The van der Waals surface area contributed by atoms with Gasteiger partial charge in [-0.15, -0.1) is 5.10 Å². The second-order valence-electron chi connectivity index (χ2n) is 4.61. The van der Waals surface area contributed by atoms with Gasteiger partial charge in [-0.05, 0) is 31.5 Å². The van der Waals surface area contributed by atoms with E-state index in [1.54, 1.807) is 7.11 Å². The van der Waals surface area contributed by atoms with Gasteiger partial charge in [0.15, 0.2) is 5.82 Å². The average Bonchev–Trinajstić information content (AvgIpc) is 2.46. The van der Waals surface area contributed by atoms with Crippen molar-refractivity contribution in [2.45, 2.75) is 32.4 Å². The number of nitrogens with one attached hydrogen (secondary N) is 1. The van der Waals surface area contributed by atoms with Crippen LogP contribution in [-0.4, -0.2) is 43.0 Å². The Morgan fingerprint density at radius 3 is 3.00 bits per heavy atom. The Morgan fingerprint density at radius 2 is 2.33 bits per heavy atom. The first-order valence-corrected chi connectivity index (χ1v) is 6.64. The third-order valence-electron chi connectivity index (χ3n) is 3.30. The van der Waals surface area contributed by atoms with E-state index in [0.29, 0.717) is 6.10 Å². The van der Waals surface area contributed by atoms with Gasteiger partial charge in [0.2, 0.25) is 0 Å². The number of nitrogens with zero attached hydrogens (tertiary/aromatic N) is 3. The Labute approximate surface area is 109 Å². The summed E-state index contributed by atoms with van der Waals surface area (Å²) in [7, 11) is 1.78. The first kappa shape index (κ1) is 13.2. The molecule has 1 fully saturated rings. The molecular weight excluding hydrogens is 228 g/mol. The average molecular weight is 250 g/mol. The summed E-state index contributed by atoms with van der Waals surface area (Å²) in [6, 6.07) is 4.10. The summed E-state index contributed by atoms with van der Waals surface area (Å²) >= 11 is 0. The van der Waals surface area contributed by atoms with Crippen molar-refractivity contribution >= 4 is 5.82 Å². The topological polar surface area (TPSA) is 50.3 Å². The Morgan fingerprint density at radius 1 is 1.44 bits per heavy atom. The maximum atomic E-state index is 5.42. The molecule has 1 aliphatic rings. The molecule has 18 heavy (non-hydrogen) atoms. The molecule has 0 radical (unpaired) electrons. The van der Waals surface area contributed by atoms with E-state index in [4.69, 9.17) is 4.74 Å². The van der Waals surface area contributed by atoms with Gasteiger partial charge < -0.3 is 15.0 Å². The number of hydrogen-bond donors (Lipinski definition) is 1. The van der Waals surface area contributed by atoms with Crippen LogP contribution in [0, 0.1) is 0 Å². The first-order valence-electron chi connectivity index (χ1n) is 6.64. The number of ether oxygens (including phenoxy) is 1. The van der Waals surface area contributed by atoms with Crippen LogP contribution < -0.4 is 10.2 Å². The fourth-order valence-corrected chi connectivity index (χ4v) is 2.21. The van der Waals surface area contributed by atoms with Crippen molar-refractivity contribution in [1.29, 1.82) is 0 Å². The van der Waals surface area contributed by atoms with Gasteiger partial charge >= 0.3 is 0 Å². The molecule has 0 saturated carbocycles. The number of rotatable bonds is 5. The van der Waals surface area contributed by atoms with Crippen LogP contribution in [-0.2, 0) is 11.3 Å². The maximum absolute atomic E-state index is 5.42. The van der Waals surface area contributed by atoms with Crippen LogP contribution in [0.4, 0.5) is 5.82 Å². The number of hydrogen-bond acceptors (Lipinski definition) is 5. The molecule has 100 valence electrons. The zero-order valence-electron chi connectivity index (χ0n) is 11.2. The highest BCUT2D eigenvalue weighted by Gasteiger charge is 2.20. The molecule has 0 bridgehead atoms. The molecule has 5 nitrogen and oxygen atoms in total. The van der Waals surface area contributed by atoms with E-state index in [2.05, 4.69) is 33.4 Å². The summed E-state index contributed by atoms with van der Waals surface area (Å²) in [5.74, 6) is 0.956. The van der Waals surface area contributed by atoms with Gasteiger partial charge in [0.05, 0.1) is 11.8 Å². The van der Waals surface area contributed by atoms with E-state index < -0.39 is 0 Å². The molecule has 0 aliphatic carbocycles. The molecule has 1 aromatic heterocycles. The number of methoxy groups -OCH3 is 1. The highest BCUT2D eigenvalue weighted by Crippen LogP contribution is 2.18.